The second-order valence-corrected chi connectivity index (χ2v) is 5.38. The van der Waals surface area contributed by atoms with Crippen molar-refractivity contribution >= 4 is 5.78 Å². The van der Waals surface area contributed by atoms with Crippen LogP contribution in [0.15, 0.2) is 18.2 Å². The lowest BCUT2D eigenvalue weighted by atomic mass is 9.88. The molecule has 0 saturated heterocycles. The summed E-state index contributed by atoms with van der Waals surface area (Å²) in [7, 11) is 1.67. The topological polar surface area (TPSA) is 26.3 Å². The predicted molar refractivity (Wildman–Crippen MR) is 72.8 cm³/mol. The lowest BCUT2D eigenvalue weighted by Gasteiger charge is -2.26. The molecule has 1 aromatic carbocycles. The number of carbonyl (C=O) groups is 1. The smallest absolute Gasteiger partial charge is 0.168 e. The van der Waals surface area contributed by atoms with Gasteiger partial charge < -0.3 is 4.74 Å². The lowest BCUT2D eigenvalue weighted by molar-refractivity contribution is -0.139. The minimum Gasteiger partial charge on any atom is -0.370 e. The van der Waals surface area contributed by atoms with Crippen LogP contribution >= 0.6 is 0 Å². The van der Waals surface area contributed by atoms with E-state index >= 15 is 0 Å². The molecule has 1 aromatic rings. The summed E-state index contributed by atoms with van der Waals surface area (Å²) in [6.07, 6.45) is 4.48. The number of rotatable bonds is 4. The van der Waals surface area contributed by atoms with E-state index in [9.17, 15) is 4.79 Å². The van der Waals surface area contributed by atoms with E-state index in [2.05, 4.69) is 26.0 Å². The fourth-order valence-electron chi connectivity index (χ4n) is 2.99. The quantitative estimate of drug-likeness (QED) is 0.814. The van der Waals surface area contributed by atoms with Crippen molar-refractivity contribution in [2.45, 2.75) is 51.6 Å². The normalized spacial score (nSPS) is 17.9. The highest BCUT2D eigenvalue weighted by Gasteiger charge is 2.40. The molecule has 1 fully saturated rings. The van der Waals surface area contributed by atoms with Gasteiger partial charge in [0.25, 0.3) is 0 Å². The summed E-state index contributed by atoms with van der Waals surface area (Å²) >= 11 is 0. The molecule has 2 rings (SSSR count). The molecule has 0 aliphatic heterocycles. The molecule has 18 heavy (non-hydrogen) atoms. The van der Waals surface area contributed by atoms with Crippen LogP contribution in [0.1, 0.15) is 42.4 Å². The van der Waals surface area contributed by atoms with E-state index in [1.54, 1.807) is 7.11 Å². The zero-order valence-electron chi connectivity index (χ0n) is 11.6. The Hall–Kier alpha value is -1.15. The first-order chi connectivity index (χ1) is 8.59. The van der Waals surface area contributed by atoms with Crippen molar-refractivity contribution in [1.29, 1.82) is 0 Å². The molecule has 0 heterocycles. The van der Waals surface area contributed by atoms with Crippen molar-refractivity contribution in [2.75, 3.05) is 7.11 Å². The van der Waals surface area contributed by atoms with Crippen LogP contribution in [0.4, 0.5) is 0 Å². The average molecular weight is 246 g/mol. The summed E-state index contributed by atoms with van der Waals surface area (Å²) in [5, 5.41) is 0. The molecule has 0 atom stereocenters. The Bertz CT molecular complexity index is 422. The summed E-state index contributed by atoms with van der Waals surface area (Å²) in [5.41, 5.74) is 3.07. The van der Waals surface area contributed by atoms with E-state index in [4.69, 9.17) is 4.74 Å². The average Bonchev–Trinajstić information content (AvgIpc) is 2.84. The number of benzene rings is 1. The van der Waals surface area contributed by atoms with Crippen molar-refractivity contribution in [3.05, 3.63) is 34.9 Å². The van der Waals surface area contributed by atoms with Crippen molar-refractivity contribution in [2.24, 2.45) is 0 Å². The van der Waals surface area contributed by atoms with Gasteiger partial charge in [-0.15, -0.1) is 0 Å². The van der Waals surface area contributed by atoms with Gasteiger partial charge in [-0.2, -0.15) is 0 Å². The number of methoxy groups -OCH3 is 1. The minimum atomic E-state index is -0.505. The van der Waals surface area contributed by atoms with Crippen LogP contribution in [0.2, 0.25) is 0 Å². The maximum atomic E-state index is 12.5. The fraction of sp³-hybridized carbons (Fsp3) is 0.562. The molecule has 2 nitrogen and oxygen atoms in total. The second-order valence-electron chi connectivity index (χ2n) is 5.38. The van der Waals surface area contributed by atoms with Gasteiger partial charge in [-0.1, -0.05) is 18.2 Å². The van der Waals surface area contributed by atoms with Crippen LogP contribution < -0.4 is 0 Å². The lowest BCUT2D eigenvalue weighted by Crippen LogP contribution is -2.39. The van der Waals surface area contributed by atoms with Crippen LogP contribution in [0.5, 0.6) is 0 Å². The Morgan fingerprint density at radius 1 is 1.22 bits per heavy atom. The van der Waals surface area contributed by atoms with E-state index in [1.165, 1.54) is 16.7 Å². The molecule has 0 spiro atoms. The number of ketones is 1. The van der Waals surface area contributed by atoms with Crippen LogP contribution in [0.25, 0.3) is 0 Å². The van der Waals surface area contributed by atoms with E-state index in [1.807, 2.05) is 6.07 Å². The van der Waals surface area contributed by atoms with Gasteiger partial charge in [0.05, 0.1) is 0 Å². The van der Waals surface area contributed by atoms with Gasteiger partial charge in [-0.05, 0) is 56.2 Å². The highest BCUT2D eigenvalue weighted by Crippen LogP contribution is 2.34. The summed E-state index contributed by atoms with van der Waals surface area (Å²) in [6, 6.07) is 6.19. The summed E-state index contributed by atoms with van der Waals surface area (Å²) in [6.45, 7) is 4.15. The van der Waals surface area contributed by atoms with Gasteiger partial charge in [0, 0.05) is 13.5 Å². The van der Waals surface area contributed by atoms with E-state index in [0.29, 0.717) is 6.42 Å². The molecule has 0 unspecified atom stereocenters. The molecule has 98 valence electrons. The molecule has 0 amide bonds. The minimum absolute atomic E-state index is 0.250. The third-order valence-corrected chi connectivity index (χ3v) is 4.29. The third kappa shape index (κ3) is 2.35. The van der Waals surface area contributed by atoms with Gasteiger partial charge >= 0.3 is 0 Å². The number of hydrogen-bond acceptors (Lipinski definition) is 2. The standard InChI is InChI=1S/C16H22O2/c1-12-7-6-8-13(2)14(12)11-15(17)16(18-3)9-4-5-10-16/h6-8H,4-5,9-11H2,1-3H3. The SMILES string of the molecule is COC1(C(=O)Cc2c(C)cccc2C)CCCC1. The summed E-state index contributed by atoms with van der Waals surface area (Å²) < 4.78 is 5.56. The van der Waals surface area contributed by atoms with Gasteiger partial charge in [0.15, 0.2) is 5.78 Å². The van der Waals surface area contributed by atoms with Crippen molar-refractivity contribution in [1.82, 2.24) is 0 Å². The first-order valence-electron chi connectivity index (χ1n) is 6.72. The highest BCUT2D eigenvalue weighted by molar-refractivity contribution is 5.90. The molecule has 1 aliphatic carbocycles. The van der Waals surface area contributed by atoms with E-state index < -0.39 is 5.60 Å². The summed E-state index contributed by atoms with van der Waals surface area (Å²) in [5.74, 6) is 0.250. The molecule has 1 saturated carbocycles. The van der Waals surface area contributed by atoms with Crippen molar-refractivity contribution < 1.29 is 9.53 Å². The Morgan fingerprint density at radius 3 is 2.28 bits per heavy atom. The largest absolute Gasteiger partial charge is 0.370 e. The highest BCUT2D eigenvalue weighted by atomic mass is 16.5. The second kappa shape index (κ2) is 5.23. The Kier molecular flexibility index (Phi) is 3.86. The van der Waals surface area contributed by atoms with Gasteiger partial charge in [-0.25, -0.2) is 0 Å². The first-order valence-corrected chi connectivity index (χ1v) is 6.72. The molecule has 2 heteroatoms. The first kappa shape index (κ1) is 13.3. The number of hydrogen-bond donors (Lipinski definition) is 0. The van der Waals surface area contributed by atoms with Crippen molar-refractivity contribution in [3.8, 4) is 0 Å². The van der Waals surface area contributed by atoms with Crippen LogP contribution in [0, 0.1) is 13.8 Å². The summed E-state index contributed by atoms with van der Waals surface area (Å²) in [4.78, 5) is 12.5. The Balaban J connectivity index is 2.21. The monoisotopic (exact) mass is 246 g/mol. The van der Waals surface area contributed by atoms with Crippen LogP contribution in [-0.2, 0) is 16.0 Å². The fourth-order valence-corrected chi connectivity index (χ4v) is 2.99. The van der Waals surface area contributed by atoms with Gasteiger partial charge in [0.1, 0.15) is 5.60 Å². The maximum Gasteiger partial charge on any atom is 0.168 e. The Morgan fingerprint density at radius 2 is 1.78 bits per heavy atom. The van der Waals surface area contributed by atoms with Gasteiger partial charge in [0.2, 0.25) is 0 Å². The van der Waals surface area contributed by atoms with Crippen LogP contribution in [0.3, 0.4) is 0 Å². The predicted octanol–water partition coefficient (Wildman–Crippen LogP) is 3.37. The number of Topliss-reactive ketones (excluding diaryl/α,β-unsaturated/α-hetero) is 1. The maximum absolute atomic E-state index is 12.5. The number of carbonyl (C=O) groups excluding carboxylic acids is 1. The number of ether oxygens (including phenoxy) is 1. The van der Waals surface area contributed by atoms with Crippen LogP contribution in [-0.4, -0.2) is 18.5 Å². The van der Waals surface area contributed by atoms with E-state index in [0.717, 1.165) is 25.7 Å². The molecular weight excluding hydrogens is 224 g/mol. The molecule has 0 N–H and O–H groups in total. The van der Waals surface area contributed by atoms with Gasteiger partial charge in [-0.3, -0.25) is 4.79 Å². The molecule has 0 bridgehead atoms. The molecular formula is C16H22O2. The molecule has 0 aromatic heterocycles. The Labute approximate surface area is 109 Å². The number of aryl methyl sites for hydroxylation is 2. The van der Waals surface area contributed by atoms with E-state index in [-0.39, 0.29) is 5.78 Å². The zero-order valence-corrected chi connectivity index (χ0v) is 11.6. The van der Waals surface area contributed by atoms with Crippen molar-refractivity contribution in [3.63, 3.8) is 0 Å². The zero-order chi connectivity index (χ0) is 13.2. The molecule has 1 aliphatic rings. The third-order valence-electron chi connectivity index (χ3n) is 4.29. The molecule has 0 radical (unpaired) electrons.